The SMILES string of the molecule is CC(C)C[C@@H](NC(=O)c1ccc(Cl)cc1)C(=O)N1CCCCC1. The lowest BCUT2D eigenvalue weighted by Gasteiger charge is -2.31. The number of nitrogens with one attached hydrogen (secondary N) is 1. The van der Waals surface area contributed by atoms with Crippen LogP contribution in [0.1, 0.15) is 49.9 Å². The molecule has 1 fully saturated rings. The van der Waals surface area contributed by atoms with E-state index in [2.05, 4.69) is 19.2 Å². The first-order chi connectivity index (χ1) is 11.0. The normalized spacial score (nSPS) is 16.3. The van der Waals surface area contributed by atoms with E-state index in [1.54, 1.807) is 24.3 Å². The van der Waals surface area contributed by atoms with Crippen LogP contribution >= 0.6 is 11.6 Å². The molecule has 5 heteroatoms. The summed E-state index contributed by atoms with van der Waals surface area (Å²) in [7, 11) is 0. The molecule has 0 saturated carbocycles. The van der Waals surface area contributed by atoms with Crippen molar-refractivity contribution in [3.8, 4) is 0 Å². The van der Waals surface area contributed by atoms with Crippen molar-refractivity contribution in [2.75, 3.05) is 13.1 Å². The van der Waals surface area contributed by atoms with E-state index in [-0.39, 0.29) is 11.8 Å². The Hall–Kier alpha value is -1.55. The molecule has 1 aromatic carbocycles. The standard InChI is InChI=1S/C18H25ClN2O2/c1-13(2)12-16(18(23)21-10-4-3-5-11-21)20-17(22)14-6-8-15(19)9-7-14/h6-9,13,16H,3-5,10-12H2,1-2H3,(H,20,22)/t16-/m1/s1. The van der Waals surface area contributed by atoms with E-state index in [9.17, 15) is 9.59 Å². The predicted molar refractivity (Wildman–Crippen MR) is 92.6 cm³/mol. The summed E-state index contributed by atoms with van der Waals surface area (Å²) in [4.78, 5) is 27.0. The molecule has 0 aliphatic carbocycles. The van der Waals surface area contributed by atoms with Crippen LogP contribution in [-0.2, 0) is 4.79 Å². The number of carbonyl (C=O) groups is 2. The maximum Gasteiger partial charge on any atom is 0.251 e. The number of hydrogen-bond acceptors (Lipinski definition) is 2. The van der Waals surface area contributed by atoms with Crippen molar-refractivity contribution in [1.82, 2.24) is 10.2 Å². The van der Waals surface area contributed by atoms with Gasteiger partial charge in [-0.2, -0.15) is 0 Å². The van der Waals surface area contributed by atoms with Gasteiger partial charge in [0.1, 0.15) is 6.04 Å². The van der Waals surface area contributed by atoms with Gasteiger partial charge in [0.05, 0.1) is 0 Å². The molecule has 1 saturated heterocycles. The number of nitrogens with zero attached hydrogens (tertiary/aromatic N) is 1. The highest BCUT2D eigenvalue weighted by Crippen LogP contribution is 2.15. The van der Waals surface area contributed by atoms with Crippen LogP contribution in [0.2, 0.25) is 5.02 Å². The Labute approximate surface area is 143 Å². The molecule has 1 aromatic rings. The zero-order chi connectivity index (χ0) is 16.8. The van der Waals surface area contributed by atoms with E-state index in [1.807, 2.05) is 4.90 Å². The van der Waals surface area contributed by atoms with E-state index in [1.165, 1.54) is 6.42 Å². The highest BCUT2D eigenvalue weighted by Gasteiger charge is 2.27. The van der Waals surface area contributed by atoms with Gasteiger partial charge in [0.25, 0.3) is 5.91 Å². The lowest BCUT2D eigenvalue weighted by molar-refractivity contribution is -0.134. The fourth-order valence-corrected chi connectivity index (χ4v) is 3.00. The summed E-state index contributed by atoms with van der Waals surface area (Å²) in [6.07, 6.45) is 3.92. The van der Waals surface area contributed by atoms with Gasteiger partial charge in [0.15, 0.2) is 0 Å². The Kier molecular flexibility index (Phi) is 6.46. The number of halogens is 1. The number of likely N-dealkylation sites (tertiary alicyclic amines) is 1. The lowest BCUT2D eigenvalue weighted by atomic mass is 10.0. The minimum atomic E-state index is -0.462. The van der Waals surface area contributed by atoms with Crippen molar-refractivity contribution >= 4 is 23.4 Å². The Bertz CT molecular complexity index is 536. The van der Waals surface area contributed by atoms with Gasteiger partial charge in [-0.15, -0.1) is 0 Å². The van der Waals surface area contributed by atoms with Gasteiger partial charge in [0.2, 0.25) is 5.91 Å². The first kappa shape index (κ1) is 17.8. The molecule has 0 spiro atoms. The molecule has 1 atom stereocenters. The summed E-state index contributed by atoms with van der Waals surface area (Å²) in [6, 6.07) is 6.25. The van der Waals surface area contributed by atoms with E-state index in [4.69, 9.17) is 11.6 Å². The first-order valence-corrected chi connectivity index (χ1v) is 8.70. The summed E-state index contributed by atoms with van der Waals surface area (Å²) >= 11 is 5.85. The van der Waals surface area contributed by atoms with Crippen LogP contribution in [0, 0.1) is 5.92 Å². The molecule has 2 rings (SSSR count). The van der Waals surface area contributed by atoms with Gasteiger partial charge >= 0.3 is 0 Å². The molecule has 23 heavy (non-hydrogen) atoms. The van der Waals surface area contributed by atoms with Gasteiger partial charge < -0.3 is 10.2 Å². The van der Waals surface area contributed by atoms with Crippen molar-refractivity contribution in [2.45, 2.75) is 45.6 Å². The molecule has 0 bridgehead atoms. The van der Waals surface area contributed by atoms with E-state index in [0.29, 0.717) is 22.9 Å². The van der Waals surface area contributed by atoms with Crippen molar-refractivity contribution in [3.63, 3.8) is 0 Å². The summed E-state index contributed by atoms with van der Waals surface area (Å²) in [5, 5.41) is 3.50. The molecular weight excluding hydrogens is 312 g/mol. The van der Waals surface area contributed by atoms with Crippen LogP contribution in [0.25, 0.3) is 0 Å². The monoisotopic (exact) mass is 336 g/mol. The second-order valence-corrected chi connectivity index (χ2v) is 6.98. The molecule has 4 nitrogen and oxygen atoms in total. The van der Waals surface area contributed by atoms with Crippen LogP contribution in [0.5, 0.6) is 0 Å². The fourth-order valence-electron chi connectivity index (χ4n) is 2.87. The van der Waals surface area contributed by atoms with E-state index >= 15 is 0 Å². The zero-order valence-electron chi connectivity index (χ0n) is 13.8. The quantitative estimate of drug-likeness (QED) is 0.894. The van der Waals surface area contributed by atoms with Crippen LogP contribution in [0.4, 0.5) is 0 Å². The van der Waals surface area contributed by atoms with Crippen molar-refractivity contribution in [3.05, 3.63) is 34.9 Å². The van der Waals surface area contributed by atoms with Crippen molar-refractivity contribution in [2.24, 2.45) is 5.92 Å². The van der Waals surface area contributed by atoms with Crippen molar-refractivity contribution in [1.29, 1.82) is 0 Å². The van der Waals surface area contributed by atoms with Crippen LogP contribution in [0.3, 0.4) is 0 Å². The van der Waals surface area contributed by atoms with Gasteiger partial charge in [-0.1, -0.05) is 25.4 Å². The molecule has 1 heterocycles. The minimum absolute atomic E-state index is 0.0423. The average molecular weight is 337 g/mol. The third-order valence-corrected chi connectivity index (χ3v) is 4.34. The molecule has 1 aliphatic rings. The highest BCUT2D eigenvalue weighted by atomic mass is 35.5. The van der Waals surface area contributed by atoms with Crippen LogP contribution < -0.4 is 5.32 Å². The number of benzene rings is 1. The van der Waals surface area contributed by atoms with Crippen molar-refractivity contribution < 1.29 is 9.59 Å². The lowest BCUT2D eigenvalue weighted by Crippen LogP contribution is -2.50. The Morgan fingerprint density at radius 2 is 1.74 bits per heavy atom. The van der Waals surface area contributed by atoms with Crippen LogP contribution in [-0.4, -0.2) is 35.8 Å². The topological polar surface area (TPSA) is 49.4 Å². The third kappa shape index (κ3) is 5.24. The van der Waals surface area contributed by atoms with Gasteiger partial charge in [0, 0.05) is 23.7 Å². The average Bonchev–Trinajstić information content (AvgIpc) is 2.54. The first-order valence-electron chi connectivity index (χ1n) is 8.32. The highest BCUT2D eigenvalue weighted by molar-refractivity contribution is 6.30. The van der Waals surface area contributed by atoms with Gasteiger partial charge in [-0.3, -0.25) is 9.59 Å². The molecule has 2 amide bonds. The van der Waals surface area contributed by atoms with Gasteiger partial charge in [-0.25, -0.2) is 0 Å². The Morgan fingerprint density at radius 1 is 1.13 bits per heavy atom. The molecule has 0 radical (unpaired) electrons. The number of piperidine rings is 1. The summed E-state index contributed by atoms with van der Waals surface area (Å²) in [5.41, 5.74) is 0.523. The number of rotatable bonds is 5. The van der Waals surface area contributed by atoms with E-state index in [0.717, 1.165) is 25.9 Å². The number of amides is 2. The fraction of sp³-hybridized carbons (Fsp3) is 0.556. The maximum absolute atomic E-state index is 12.7. The van der Waals surface area contributed by atoms with E-state index < -0.39 is 6.04 Å². The van der Waals surface area contributed by atoms with Gasteiger partial charge in [-0.05, 0) is 55.9 Å². The number of hydrogen-bond donors (Lipinski definition) is 1. The zero-order valence-corrected chi connectivity index (χ0v) is 14.6. The molecular formula is C18H25ClN2O2. The second-order valence-electron chi connectivity index (χ2n) is 6.55. The Balaban J connectivity index is 2.06. The van der Waals surface area contributed by atoms with Crippen LogP contribution in [0.15, 0.2) is 24.3 Å². The Morgan fingerprint density at radius 3 is 2.30 bits per heavy atom. The summed E-state index contributed by atoms with van der Waals surface area (Å²) in [5.74, 6) is 0.151. The maximum atomic E-state index is 12.7. The molecule has 0 unspecified atom stereocenters. The second kappa shape index (κ2) is 8.34. The molecule has 1 N–H and O–H groups in total. The third-order valence-electron chi connectivity index (χ3n) is 4.08. The summed E-state index contributed by atoms with van der Waals surface area (Å²) in [6.45, 7) is 5.71. The number of carbonyl (C=O) groups excluding carboxylic acids is 2. The molecule has 126 valence electrons. The predicted octanol–water partition coefficient (Wildman–Crippen LogP) is 3.50. The molecule has 0 aromatic heterocycles. The minimum Gasteiger partial charge on any atom is -0.341 e. The largest absolute Gasteiger partial charge is 0.341 e. The molecule has 1 aliphatic heterocycles. The summed E-state index contributed by atoms with van der Waals surface area (Å²) < 4.78 is 0. The smallest absolute Gasteiger partial charge is 0.251 e.